The van der Waals surface area contributed by atoms with Crippen molar-refractivity contribution in [2.24, 2.45) is 0 Å². The van der Waals surface area contributed by atoms with Gasteiger partial charge in [-0.15, -0.1) is 11.3 Å². The first kappa shape index (κ1) is 12.6. The normalized spacial score (nSPS) is 10.4. The molecule has 0 aliphatic heterocycles. The van der Waals surface area contributed by atoms with Crippen molar-refractivity contribution < 1.29 is 4.79 Å². The zero-order valence-corrected chi connectivity index (χ0v) is 11.6. The summed E-state index contributed by atoms with van der Waals surface area (Å²) in [5.74, 6) is 0.365. The maximum Gasteiger partial charge on any atom is 0.266 e. The van der Waals surface area contributed by atoms with Crippen molar-refractivity contribution in [3.63, 3.8) is 0 Å². The molecule has 0 aromatic carbocycles. The van der Waals surface area contributed by atoms with Crippen LogP contribution in [0.25, 0.3) is 11.3 Å². The maximum absolute atomic E-state index is 12.0. The number of carbonyl (C=O) groups is 1. The van der Waals surface area contributed by atoms with Gasteiger partial charge in [-0.3, -0.25) is 14.9 Å². The molecule has 3 aromatic rings. The van der Waals surface area contributed by atoms with Crippen LogP contribution in [-0.2, 0) is 0 Å². The van der Waals surface area contributed by atoms with E-state index in [1.54, 1.807) is 18.5 Å². The lowest BCUT2D eigenvalue weighted by atomic mass is 10.2. The van der Waals surface area contributed by atoms with Crippen molar-refractivity contribution >= 4 is 23.1 Å². The summed E-state index contributed by atoms with van der Waals surface area (Å²) in [6.45, 7) is 1.97. The van der Waals surface area contributed by atoms with E-state index in [1.807, 2.05) is 31.2 Å². The van der Waals surface area contributed by atoms with Crippen LogP contribution in [0.2, 0.25) is 0 Å². The highest BCUT2D eigenvalue weighted by Gasteiger charge is 2.10. The molecule has 6 heteroatoms. The van der Waals surface area contributed by atoms with Crippen LogP contribution in [0.15, 0.2) is 42.7 Å². The van der Waals surface area contributed by atoms with Gasteiger partial charge in [-0.05, 0) is 31.2 Å². The van der Waals surface area contributed by atoms with E-state index in [9.17, 15) is 4.79 Å². The number of hydrogen-bond donors (Lipinski definition) is 2. The molecule has 0 radical (unpaired) electrons. The predicted molar refractivity (Wildman–Crippen MR) is 78.8 cm³/mol. The van der Waals surface area contributed by atoms with Gasteiger partial charge in [-0.2, -0.15) is 5.10 Å². The van der Waals surface area contributed by atoms with Gasteiger partial charge >= 0.3 is 0 Å². The standard InChI is InChI=1S/C14H12N4OS/c1-9-2-3-12(20-9)14(19)16-13-8-11(17-18-13)10-4-6-15-7-5-10/h2-8H,1H3,(H2,16,17,18,19). The molecule has 3 heterocycles. The van der Waals surface area contributed by atoms with Crippen LogP contribution in [0.4, 0.5) is 5.82 Å². The number of nitrogens with one attached hydrogen (secondary N) is 2. The molecule has 0 saturated carbocycles. The first-order chi connectivity index (χ1) is 9.72. The minimum Gasteiger partial charge on any atom is -0.304 e. The molecule has 0 spiro atoms. The fraction of sp³-hybridized carbons (Fsp3) is 0.0714. The summed E-state index contributed by atoms with van der Waals surface area (Å²) >= 11 is 1.46. The Balaban J connectivity index is 1.76. The smallest absolute Gasteiger partial charge is 0.266 e. The summed E-state index contributed by atoms with van der Waals surface area (Å²) in [7, 11) is 0. The van der Waals surface area contributed by atoms with Crippen LogP contribution in [0.5, 0.6) is 0 Å². The third-order valence-corrected chi connectivity index (χ3v) is 3.77. The Morgan fingerprint density at radius 1 is 1.25 bits per heavy atom. The number of aryl methyl sites for hydroxylation is 1. The van der Waals surface area contributed by atoms with Crippen molar-refractivity contribution in [2.45, 2.75) is 6.92 Å². The molecule has 1 amide bonds. The van der Waals surface area contributed by atoms with Gasteiger partial charge in [0.25, 0.3) is 5.91 Å². The third kappa shape index (κ3) is 2.60. The molecule has 2 N–H and O–H groups in total. The average molecular weight is 284 g/mol. The van der Waals surface area contributed by atoms with Crippen LogP contribution < -0.4 is 5.32 Å². The summed E-state index contributed by atoms with van der Waals surface area (Å²) in [5.41, 5.74) is 1.81. The second kappa shape index (κ2) is 5.26. The van der Waals surface area contributed by atoms with E-state index in [-0.39, 0.29) is 5.91 Å². The highest BCUT2D eigenvalue weighted by atomic mass is 32.1. The second-order valence-corrected chi connectivity index (χ2v) is 5.56. The van der Waals surface area contributed by atoms with Crippen LogP contribution in [0.1, 0.15) is 14.5 Å². The van der Waals surface area contributed by atoms with Gasteiger partial charge in [0.1, 0.15) is 0 Å². The largest absolute Gasteiger partial charge is 0.304 e. The molecule has 0 fully saturated rings. The molecule has 100 valence electrons. The monoisotopic (exact) mass is 284 g/mol. The van der Waals surface area contributed by atoms with Crippen molar-refractivity contribution in [3.8, 4) is 11.3 Å². The minimum absolute atomic E-state index is 0.143. The van der Waals surface area contributed by atoms with Gasteiger partial charge < -0.3 is 5.32 Å². The molecular weight excluding hydrogens is 272 g/mol. The summed E-state index contributed by atoms with van der Waals surface area (Å²) in [5, 5.41) is 9.76. The van der Waals surface area contributed by atoms with Crippen LogP contribution in [0, 0.1) is 6.92 Å². The summed E-state index contributed by atoms with van der Waals surface area (Å²) < 4.78 is 0. The number of amides is 1. The number of rotatable bonds is 3. The fourth-order valence-corrected chi connectivity index (χ4v) is 2.56. The Morgan fingerprint density at radius 3 is 2.75 bits per heavy atom. The average Bonchev–Trinajstić information content (AvgIpc) is 3.09. The first-order valence-electron chi connectivity index (χ1n) is 6.06. The number of pyridine rings is 1. The lowest BCUT2D eigenvalue weighted by molar-refractivity contribution is 0.103. The van der Waals surface area contributed by atoms with E-state index in [0.717, 1.165) is 16.1 Å². The van der Waals surface area contributed by atoms with E-state index in [0.29, 0.717) is 10.7 Å². The van der Waals surface area contributed by atoms with Crippen LogP contribution in [0.3, 0.4) is 0 Å². The van der Waals surface area contributed by atoms with Crippen molar-refractivity contribution in [1.29, 1.82) is 0 Å². The Labute approximate surface area is 119 Å². The van der Waals surface area contributed by atoms with Crippen molar-refractivity contribution in [1.82, 2.24) is 15.2 Å². The predicted octanol–water partition coefficient (Wildman–Crippen LogP) is 3.09. The van der Waals surface area contributed by atoms with Crippen LogP contribution in [-0.4, -0.2) is 21.1 Å². The molecule has 0 aliphatic rings. The lowest BCUT2D eigenvalue weighted by Crippen LogP contribution is -2.10. The summed E-state index contributed by atoms with van der Waals surface area (Å²) in [6.07, 6.45) is 3.42. The Bertz CT molecular complexity index is 732. The van der Waals surface area contributed by atoms with E-state index >= 15 is 0 Å². The molecule has 0 aliphatic carbocycles. The molecule has 0 saturated heterocycles. The zero-order valence-electron chi connectivity index (χ0n) is 10.8. The van der Waals surface area contributed by atoms with Gasteiger partial charge in [0.15, 0.2) is 5.82 Å². The van der Waals surface area contributed by atoms with Gasteiger partial charge in [-0.1, -0.05) is 0 Å². The second-order valence-electron chi connectivity index (χ2n) is 4.27. The summed E-state index contributed by atoms with van der Waals surface area (Å²) in [4.78, 5) is 17.8. The molecule has 3 rings (SSSR count). The number of nitrogens with zero attached hydrogens (tertiary/aromatic N) is 2. The molecule has 0 bridgehead atoms. The molecular formula is C14H12N4OS. The number of anilines is 1. The molecule has 5 nitrogen and oxygen atoms in total. The lowest BCUT2D eigenvalue weighted by Gasteiger charge is -1.97. The first-order valence-corrected chi connectivity index (χ1v) is 6.87. The Morgan fingerprint density at radius 2 is 2.05 bits per heavy atom. The van der Waals surface area contributed by atoms with E-state index in [4.69, 9.17) is 0 Å². The molecule has 3 aromatic heterocycles. The van der Waals surface area contributed by atoms with Crippen molar-refractivity contribution in [2.75, 3.05) is 5.32 Å². The Kier molecular flexibility index (Phi) is 3.30. The third-order valence-electron chi connectivity index (χ3n) is 2.77. The minimum atomic E-state index is -0.143. The molecule has 0 atom stereocenters. The number of H-pyrrole nitrogens is 1. The number of thiophene rings is 1. The van der Waals surface area contributed by atoms with Gasteiger partial charge in [0, 0.05) is 28.9 Å². The van der Waals surface area contributed by atoms with Gasteiger partial charge in [0.2, 0.25) is 0 Å². The number of hydrogen-bond acceptors (Lipinski definition) is 4. The summed E-state index contributed by atoms with van der Waals surface area (Å²) in [6, 6.07) is 9.29. The number of aromatic amines is 1. The molecule has 0 unspecified atom stereocenters. The quantitative estimate of drug-likeness (QED) is 0.776. The topological polar surface area (TPSA) is 70.7 Å². The van der Waals surface area contributed by atoms with E-state index in [1.165, 1.54) is 11.3 Å². The number of aromatic nitrogens is 3. The van der Waals surface area contributed by atoms with Gasteiger partial charge in [-0.25, -0.2) is 0 Å². The van der Waals surface area contributed by atoms with E-state index < -0.39 is 0 Å². The number of carbonyl (C=O) groups excluding carboxylic acids is 1. The van der Waals surface area contributed by atoms with E-state index in [2.05, 4.69) is 20.5 Å². The van der Waals surface area contributed by atoms with Gasteiger partial charge in [0.05, 0.1) is 10.6 Å². The highest BCUT2D eigenvalue weighted by Crippen LogP contribution is 2.20. The van der Waals surface area contributed by atoms with Crippen LogP contribution >= 0.6 is 11.3 Å². The highest BCUT2D eigenvalue weighted by molar-refractivity contribution is 7.14. The molecule has 20 heavy (non-hydrogen) atoms. The Hall–Kier alpha value is -2.47. The maximum atomic E-state index is 12.0. The fourth-order valence-electron chi connectivity index (χ4n) is 1.80. The van der Waals surface area contributed by atoms with Crippen molar-refractivity contribution in [3.05, 3.63) is 52.5 Å². The zero-order chi connectivity index (χ0) is 13.9. The SMILES string of the molecule is Cc1ccc(C(=O)Nc2cc(-c3ccncc3)[nH]n2)s1.